The van der Waals surface area contributed by atoms with E-state index in [9.17, 15) is 28.8 Å². The molecule has 2 aliphatic heterocycles. The first-order chi connectivity index (χ1) is 24.8. The number of fused-ring (bicyclic) bond motifs is 3. The van der Waals surface area contributed by atoms with Gasteiger partial charge in [-0.1, -0.05) is 44.2 Å². The van der Waals surface area contributed by atoms with Crippen molar-refractivity contribution in [2.24, 2.45) is 5.92 Å². The zero-order chi connectivity index (χ0) is 37.5. The fourth-order valence-electron chi connectivity index (χ4n) is 6.00. The van der Waals surface area contributed by atoms with Crippen LogP contribution in [0.5, 0.6) is 5.75 Å². The molecule has 0 saturated heterocycles. The van der Waals surface area contributed by atoms with Gasteiger partial charge in [0.1, 0.15) is 34.6 Å². The smallest absolute Gasteiger partial charge is 0.271 e. The van der Waals surface area contributed by atoms with Gasteiger partial charge in [0.05, 0.1) is 19.2 Å². The lowest BCUT2D eigenvalue weighted by molar-refractivity contribution is -0.136. The largest absolute Gasteiger partial charge is 0.493 e. The Kier molecular flexibility index (Phi) is 12.3. The van der Waals surface area contributed by atoms with Crippen LogP contribution in [0.2, 0.25) is 0 Å². The molecule has 0 unspecified atom stereocenters. The lowest BCUT2D eigenvalue weighted by atomic mass is 10.0. The standard InChI is InChI=1S/C37H45N7O7S/c1-21(2)31-34(48)39-23(4)36(49)43(5)14-15-44(37(50)26-11-12-29-25(18-26)13-16-51-29)19-30(45)40-27(17-24-9-7-6-8-10-24)35-41-28(20-52-35)33(47)38-22(3)32(46)42-31/h6-12,18,20-23,27,31H,13-17,19H2,1-5H3,(H,38,47)(H,39,48)(H,40,45)(H,42,46)/t22-,23+,27-,31-/m0/s1. The van der Waals surface area contributed by atoms with Crippen LogP contribution in [0, 0.1) is 5.92 Å². The predicted molar refractivity (Wildman–Crippen MR) is 194 cm³/mol. The number of amides is 6. The average Bonchev–Trinajstić information content (AvgIpc) is 3.81. The number of nitrogens with one attached hydrogen (secondary N) is 4. The van der Waals surface area contributed by atoms with Gasteiger partial charge in [-0.05, 0) is 55.5 Å². The van der Waals surface area contributed by atoms with Crippen molar-refractivity contribution in [2.45, 2.75) is 64.7 Å². The van der Waals surface area contributed by atoms with Crippen molar-refractivity contribution in [3.8, 4) is 5.75 Å². The van der Waals surface area contributed by atoms with Crippen molar-refractivity contribution in [2.75, 3.05) is 33.3 Å². The van der Waals surface area contributed by atoms with E-state index in [2.05, 4.69) is 26.3 Å². The molecule has 2 aliphatic rings. The second-order valence-electron chi connectivity index (χ2n) is 13.4. The highest BCUT2D eigenvalue weighted by molar-refractivity contribution is 7.09. The normalized spacial score (nSPS) is 22.4. The number of hydrogen-bond donors (Lipinski definition) is 4. The maximum atomic E-state index is 14.0. The van der Waals surface area contributed by atoms with Gasteiger partial charge >= 0.3 is 0 Å². The third-order valence-electron chi connectivity index (χ3n) is 9.03. The molecule has 0 radical (unpaired) electrons. The third-order valence-corrected chi connectivity index (χ3v) is 9.99. The number of rotatable bonds is 4. The third kappa shape index (κ3) is 9.32. The molecule has 5 rings (SSSR count). The highest BCUT2D eigenvalue weighted by atomic mass is 32.1. The number of benzene rings is 2. The summed E-state index contributed by atoms with van der Waals surface area (Å²) >= 11 is 1.18. The van der Waals surface area contributed by atoms with E-state index in [1.807, 2.05) is 30.3 Å². The Hall–Kier alpha value is -5.31. The van der Waals surface area contributed by atoms with E-state index in [1.54, 1.807) is 44.5 Å². The van der Waals surface area contributed by atoms with Gasteiger partial charge in [0, 0.05) is 37.5 Å². The van der Waals surface area contributed by atoms with Crippen molar-refractivity contribution in [1.29, 1.82) is 0 Å². The summed E-state index contributed by atoms with van der Waals surface area (Å²) in [6, 6.07) is 11.0. The minimum atomic E-state index is -1.02. The Morgan fingerprint density at radius 3 is 2.42 bits per heavy atom. The Balaban J connectivity index is 1.47. The summed E-state index contributed by atoms with van der Waals surface area (Å²) in [6.45, 7) is 6.80. The number of thiazole rings is 1. The van der Waals surface area contributed by atoms with Crippen molar-refractivity contribution in [3.05, 3.63) is 81.3 Å². The number of hydrogen-bond acceptors (Lipinski definition) is 9. The van der Waals surface area contributed by atoms with E-state index < -0.39 is 59.6 Å². The van der Waals surface area contributed by atoms with E-state index in [0.717, 1.165) is 11.1 Å². The van der Waals surface area contributed by atoms with Crippen molar-refractivity contribution in [3.63, 3.8) is 0 Å². The summed E-state index contributed by atoms with van der Waals surface area (Å²) in [5.74, 6) is -2.68. The Labute approximate surface area is 306 Å². The summed E-state index contributed by atoms with van der Waals surface area (Å²) < 4.78 is 5.61. The summed E-state index contributed by atoms with van der Waals surface area (Å²) in [5, 5.41) is 13.0. The Morgan fingerprint density at radius 1 is 0.942 bits per heavy atom. The summed E-state index contributed by atoms with van der Waals surface area (Å²) in [7, 11) is 1.55. The zero-order valence-corrected chi connectivity index (χ0v) is 30.7. The first-order valence-corrected chi connectivity index (χ1v) is 18.2. The van der Waals surface area contributed by atoms with Crippen LogP contribution in [-0.4, -0.2) is 102 Å². The van der Waals surface area contributed by atoms with Crippen LogP contribution < -0.4 is 26.0 Å². The molecule has 14 nitrogen and oxygen atoms in total. The molecule has 276 valence electrons. The van der Waals surface area contributed by atoms with Gasteiger partial charge in [-0.2, -0.15) is 0 Å². The molecule has 52 heavy (non-hydrogen) atoms. The number of ether oxygens (including phenoxy) is 1. The number of nitrogens with zero attached hydrogens (tertiary/aromatic N) is 3. The molecule has 0 spiro atoms. The van der Waals surface area contributed by atoms with Crippen LogP contribution in [0.3, 0.4) is 0 Å². The first-order valence-electron chi connectivity index (χ1n) is 17.3. The Morgan fingerprint density at radius 2 is 1.69 bits per heavy atom. The van der Waals surface area contributed by atoms with E-state index in [1.165, 1.54) is 35.0 Å². The molecule has 1 aromatic heterocycles. The lowest BCUT2D eigenvalue weighted by Gasteiger charge is -2.29. The second-order valence-corrected chi connectivity index (χ2v) is 14.3. The molecule has 3 aromatic rings. The number of carbonyl (C=O) groups excluding carboxylic acids is 6. The summed E-state index contributed by atoms with van der Waals surface area (Å²) in [6.07, 6.45) is 1.01. The van der Waals surface area contributed by atoms with E-state index in [4.69, 9.17) is 4.74 Å². The second kappa shape index (κ2) is 16.8. The van der Waals surface area contributed by atoms with Crippen LogP contribution in [0.25, 0.3) is 0 Å². The van der Waals surface area contributed by atoms with Crippen molar-refractivity contribution < 1.29 is 33.5 Å². The van der Waals surface area contributed by atoms with Gasteiger partial charge in [-0.25, -0.2) is 4.98 Å². The molecule has 2 aromatic carbocycles. The number of likely N-dealkylation sites (N-methyl/N-ethyl adjacent to an activating group) is 1. The summed E-state index contributed by atoms with van der Waals surface area (Å²) in [4.78, 5) is 88.2. The maximum absolute atomic E-state index is 14.0. The fraction of sp³-hybridized carbons (Fsp3) is 0.432. The monoisotopic (exact) mass is 731 g/mol. The van der Waals surface area contributed by atoms with Gasteiger partial charge < -0.3 is 35.8 Å². The molecule has 2 bridgehead atoms. The first kappa shape index (κ1) is 37.9. The average molecular weight is 732 g/mol. The number of carbonyl (C=O) groups is 6. The van der Waals surface area contributed by atoms with Crippen LogP contribution in [0.1, 0.15) is 70.7 Å². The van der Waals surface area contributed by atoms with Crippen LogP contribution in [0.4, 0.5) is 0 Å². The highest BCUT2D eigenvalue weighted by Gasteiger charge is 2.31. The summed E-state index contributed by atoms with van der Waals surface area (Å²) in [5.41, 5.74) is 2.25. The molecular formula is C37H45N7O7S. The van der Waals surface area contributed by atoms with Crippen LogP contribution >= 0.6 is 11.3 Å². The van der Waals surface area contributed by atoms with Gasteiger partial charge in [0.2, 0.25) is 23.6 Å². The topological polar surface area (TPSA) is 179 Å². The SMILES string of the molecule is CC(C)[C@@H]1NC(=O)[C@H](C)NC(=O)c2csc(n2)[C@H](Cc2ccccc2)NC(=O)CN(C(=O)c2ccc3c(c2)CCO3)CCN(C)C(=O)[C@@H](C)NC1=O. The number of aromatic nitrogens is 1. The van der Waals surface area contributed by atoms with Crippen LogP contribution in [-0.2, 0) is 32.0 Å². The molecule has 4 N–H and O–H groups in total. The predicted octanol–water partition coefficient (Wildman–Crippen LogP) is 1.86. The van der Waals surface area contributed by atoms with Gasteiger partial charge in [-0.15, -0.1) is 11.3 Å². The van der Waals surface area contributed by atoms with E-state index >= 15 is 0 Å². The molecule has 15 heteroatoms. The molecule has 4 atom stereocenters. The maximum Gasteiger partial charge on any atom is 0.271 e. The van der Waals surface area contributed by atoms with E-state index in [0.29, 0.717) is 35.8 Å². The quantitative estimate of drug-likeness (QED) is 0.314. The molecule has 0 fully saturated rings. The molecular weight excluding hydrogens is 687 g/mol. The van der Waals surface area contributed by atoms with Crippen molar-refractivity contribution >= 4 is 46.8 Å². The molecule has 0 aliphatic carbocycles. The lowest BCUT2D eigenvalue weighted by Crippen LogP contribution is -2.57. The van der Waals surface area contributed by atoms with Crippen LogP contribution in [0.15, 0.2) is 53.9 Å². The molecule has 0 saturated carbocycles. The van der Waals surface area contributed by atoms with E-state index in [-0.39, 0.29) is 31.2 Å². The Bertz CT molecular complexity index is 1810. The molecule has 3 heterocycles. The minimum Gasteiger partial charge on any atom is -0.493 e. The van der Waals surface area contributed by atoms with Crippen molar-refractivity contribution in [1.82, 2.24) is 36.1 Å². The van der Waals surface area contributed by atoms with Gasteiger partial charge in [0.15, 0.2) is 0 Å². The molecule has 6 amide bonds. The minimum absolute atomic E-state index is 0.0102. The zero-order valence-electron chi connectivity index (χ0n) is 29.9. The van der Waals surface area contributed by atoms with Gasteiger partial charge in [-0.3, -0.25) is 28.8 Å². The van der Waals surface area contributed by atoms with Gasteiger partial charge in [0.25, 0.3) is 11.8 Å². The fourth-order valence-corrected chi connectivity index (χ4v) is 6.85. The highest BCUT2D eigenvalue weighted by Crippen LogP contribution is 2.27.